The summed E-state index contributed by atoms with van der Waals surface area (Å²) in [7, 11) is 0. The molecular weight excluding hydrogens is 184 g/mol. The molecule has 3 heteroatoms. The standard InChI is InChI=1S/C10H18N2.ClH/c1-2-3-4-5-8-12-9-6-7-11-10-12;/h6-7,9H,2-5,8,10H2,1H3;1H. The number of hydrogen-bond acceptors (Lipinski definition) is 2. The molecule has 1 rings (SSSR count). The van der Waals surface area contributed by atoms with E-state index in [0.29, 0.717) is 0 Å². The van der Waals surface area contributed by atoms with Gasteiger partial charge in [0.2, 0.25) is 0 Å². The second kappa shape index (κ2) is 8.11. The molecule has 0 saturated carbocycles. The molecule has 0 unspecified atom stereocenters. The number of aliphatic imine (C=N–C) groups is 1. The van der Waals surface area contributed by atoms with Crippen LogP contribution in [0.2, 0.25) is 0 Å². The van der Waals surface area contributed by atoms with E-state index >= 15 is 0 Å². The Hall–Kier alpha value is -0.500. The minimum absolute atomic E-state index is 0. The molecule has 0 fully saturated rings. The minimum atomic E-state index is 0. The predicted molar refractivity (Wildman–Crippen MR) is 60.6 cm³/mol. The van der Waals surface area contributed by atoms with Gasteiger partial charge in [-0.05, 0) is 12.5 Å². The topological polar surface area (TPSA) is 15.6 Å². The molecule has 76 valence electrons. The summed E-state index contributed by atoms with van der Waals surface area (Å²) < 4.78 is 0. The molecule has 0 aromatic heterocycles. The maximum Gasteiger partial charge on any atom is 0.109 e. The smallest absolute Gasteiger partial charge is 0.109 e. The summed E-state index contributed by atoms with van der Waals surface area (Å²) in [5.41, 5.74) is 0. The normalized spacial score (nSPS) is 14.4. The molecule has 0 bridgehead atoms. The Kier molecular flexibility index (Phi) is 7.80. The molecule has 0 N–H and O–H groups in total. The Bertz CT molecular complexity index is 166. The van der Waals surface area contributed by atoms with Gasteiger partial charge in [-0.2, -0.15) is 0 Å². The average Bonchev–Trinajstić information content (AvgIpc) is 2.14. The summed E-state index contributed by atoms with van der Waals surface area (Å²) in [6, 6.07) is 0. The van der Waals surface area contributed by atoms with E-state index in [2.05, 4.69) is 23.0 Å². The maximum absolute atomic E-state index is 4.17. The van der Waals surface area contributed by atoms with Crippen molar-refractivity contribution in [2.45, 2.75) is 32.6 Å². The highest BCUT2D eigenvalue weighted by Crippen LogP contribution is 2.03. The van der Waals surface area contributed by atoms with Gasteiger partial charge in [0.05, 0.1) is 0 Å². The fraction of sp³-hybridized carbons (Fsp3) is 0.700. The van der Waals surface area contributed by atoms with Crippen LogP contribution in [0.4, 0.5) is 0 Å². The lowest BCUT2D eigenvalue weighted by atomic mass is 10.2. The fourth-order valence-electron chi connectivity index (χ4n) is 1.31. The zero-order chi connectivity index (χ0) is 8.65. The van der Waals surface area contributed by atoms with E-state index in [1.54, 1.807) is 0 Å². The zero-order valence-corrected chi connectivity index (χ0v) is 9.09. The fourth-order valence-corrected chi connectivity index (χ4v) is 1.31. The van der Waals surface area contributed by atoms with Crippen molar-refractivity contribution >= 4 is 18.6 Å². The lowest BCUT2D eigenvalue weighted by Crippen LogP contribution is -2.20. The molecule has 0 radical (unpaired) electrons. The Labute approximate surface area is 87.1 Å². The van der Waals surface area contributed by atoms with Gasteiger partial charge in [0.15, 0.2) is 0 Å². The zero-order valence-electron chi connectivity index (χ0n) is 8.28. The number of hydrogen-bond donors (Lipinski definition) is 0. The van der Waals surface area contributed by atoms with E-state index in [1.807, 2.05) is 12.3 Å². The predicted octanol–water partition coefficient (Wildman–Crippen LogP) is 2.85. The molecule has 0 atom stereocenters. The molecule has 13 heavy (non-hydrogen) atoms. The van der Waals surface area contributed by atoms with E-state index in [4.69, 9.17) is 0 Å². The first-order chi connectivity index (χ1) is 5.93. The number of allylic oxidation sites excluding steroid dienone is 1. The molecule has 0 aromatic rings. The number of nitrogens with zero attached hydrogens (tertiary/aromatic N) is 2. The minimum Gasteiger partial charge on any atom is -0.358 e. The van der Waals surface area contributed by atoms with E-state index in [1.165, 1.54) is 25.7 Å². The Morgan fingerprint density at radius 3 is 2.77 bits per heavy atom. The first-order valence-electron chi connectivity index (χ1n) is 4.84. The molecule has 1 heterocycles. The van der Waals surface area contributed by atoms with Crippen LogP contribution in [0.15, 0.2) is 17.3 Å². The van der Waals surface area contributed by atoms with Crippen LogP contribution in [0.1, 0.15) is 32.6 Å². The van der Waals surface area contributed by atoms with E-state index in [9.17, 15) is 0 Å². The van der Waals surface area contributed by atoms with Gasteiger partial charge in [0.1, 0.15) is 6.67 Å². The molecule has 2 nitrogen and oxygen atoms in total. The summed E-state index contributed by atoms with van der Waals surface area (Å²) in [4.78, 5) is 6.43. The van der Waals surface area contributed by atoms with Crippen molar-refractivity contribution in [3.63, 3.8) is 0 Å². The van der Waals surface area contributed by atoms with Crippen LogP contribution in [-0.4, -0.2) is 24.3 Å². The highest BCUT2D eigenvalue weighted by molar-refractivity contribution is 5.85. The molecule has 0 amide bonds. The van der Waals surface area contributed by atoms with Crippen LogP contribution < -0.4 is 0 Å². The third-order valence-electron chi connectivity index (χ3n) is 2.05. The summed E-state index contributed by atoms with van der Waals surface area (Å²) in [5, 5.41) is 0. The van der Waals surface area contributed by atoms with Crippen molar-refractivity contribution in [1.82, 2.24) is 4.90 Å². The number of unbranched alkanes of at least 4 members (excludes halogenated alkanes) is 3. The van der Waals surface area contributed by atoms with Gasteiger partial charge in [-0.1, -0.05) is 26.2 Å². The van der Waals surface area contributed by atoms with E-state index < -0.39 is 0 Å². The highest BCUT2D eigenvalue weighted by Gasteiger charge is 1.98. The Morgan fingerprint density at radius 1 is 1.31 bits per heavy atom. The third kappa shape index (κ3) is 5.69. The SMILES string of the molecule is CCCCCCN1C=CC=NC1.Cl. The van der Waals surface area contributed by atoms with Crippen molar-refractivity contribution in [1.29, 1.82) is 0 Å². The maximum atomic E-state index is 4.17. The van der Waals surface area contributed by atoms with Gasteiger partial charge in [0, 0.05) is 19.0 Å². The summed E-state index contributed by atoms with van der Waals surface area (Å²) in [5.74, 6) is 0. The third-order valence-corrected chi connectivity index (χ3v) is 2.05. The first kappa shape index (κ1) is 12.5. The van der Waals surface area contributed by atoms with Gasteiger partial charge in [-0.25, -0.2) is 0 Å². The Morgan fingerprint density at radius 2 is 2.15 bits per heavy atom. The van der Waals surface area contributed by atoms with Gasteiger partial charge in [-0.3, -0.25) is 4.99 Å². The lowest BCUT2D eigenvalue weighted by molar-refractivity contribution is 0.371. The van der Waals surface area contributed by atoms with Gasteiger partial charge < -0.3 is 4.90 Å². The molecule has 0 spiro atoms. The largest absolute Gasteiger partial charge is 0.358 e. The van der Waals surface area contributed by atoms with Crippen LogP contribution in [0.25, 0.3) is 0 Å². The van der Waals surface area contributed by atoms with Crippen LogP contribution in [0.3, 0.4) is 0 Å². The average molecular weight is 203 g/mol. The summed E-state index contributed by atoms with van der Waals surface area (Å²) >= 11 is 0. The summed E-state index contributed by atoms with van der Waals surface area (Å²) in [6.45, 7) is 4.25. The second-order valence-electron chi connectivity index (χ2n) is 3.19. The molecule has 0 aliphatic carbocycles. The van der Waals surface area contributed by atoms with E-state index in [-0.39, 0.29) is 12.4 Å². The number of rotatable bonds is 5. The first-order valence-corrected chi connectivity index (χ1v) is 4.84. The van der Waals surface area contributed by atoms with Crippen molar-refractivity contribution < 1.29 is 0 Å². The highest BCUT2D eigenvalue weighted by atomic mass is 35.5. The van der Waals surface area contributed by atoms with Crippen LogP contribution >= 0.6 is 12.4 Å². The van der Waals surface area contributed by atoms with Gasteiger partial charge in [0.25, 0.3) is 0 Å². The second-order valence-corrected chi connectivity index (χ2v) is 3.19. The van der Waals surface area contributed by atoms with Gasteiger partial charge >= 0.3 is 0 Å². The quantitative estimate of drug-likeness (QED) is 0.626. The monoisotopic (exact) mass is 202 g/mol. The van der Waals surface area contributed by atoms with Crippen molar-refractivity contribution in [3.05, 3.63) is 12.3 Å². The van der Waals surface area contributed by atoms with Crippen molar-refractivity contribution in [2.24, 2.45) is 4.99 Å². The molecule has 1 aliphatic rings. The number of halogens is 1. The van der Waals surface area contributed by atoms with Crippen molar-refractivity contribution in [3.8, 4) is 0 Å². The summed E-state index contributed by atoms with van der Waals surface area (Å²) in [6.07, 6.45) is 11.3. The molecule has 1 aliphatic heterocycles. The van der Waals surface area contributed by atoms with Crippen LogP contribution in [0, 0.1) is 0 Å². The van der Waals surface area contributed by atoms with Crippen LogP contribution in [-0.2, 0) is 0 Å². The lowest BCUT2D eigenvalue weighted by Gasteiger charge is -2.19. The molecule has 0 saturated heterocycles. The molecular formula is C10H19ClN2. The van der Waals surface area contributed by atoms with Gasteiger partial charge in [-0.15, -0.1) is 12.4 Å². The van der Waals surface area contributed by atoms with Crippen molar-refractivity contribution in [2.75, 3.05) is 13.2 Å². The van der Waals surface area contributed by atoms with Crippen LogP contribution in [0.5, 0.6) is 0 Å². The Balaban J connectivity index is 0.00000144. The molecule has 0 aromatic carbocycles. The van der Waals surface area contributed by atoms with E-state index in [0.717, 1.165) is 13.2 Å².